The maximum atomic E-state index is 12.4. The molecular weight excluding hydrogens is 594 g/mol. The number of carbonyl (C=O) groups is 2. The minimum atomic E-state index is -0.177. The van der Waals surface area contributed by atoms with E-state index in [1.54, 1.807) is 31.4 Å². The topological polar surface area (TPSA) is 141 Å². The molecule has 45 heavy (non-hydrogen) atoms. The number of benzene rings is 2. The van der Waals surface area contributed by atoms with E-state index in [9.17, 15) is 9.59 Å². The molecule has 228 valence electrons. The molecule has 0 spiro atoms. The summed E-state index contributed by atoms with van der Waals surface area (Å²) in [4.78, 5) is 39.4. The second-order valence-electron chi connectivity index (χ2n) is 10.8. The third-order valence-corrected chi connectivity index (χ3v) is 8.62. The van der Waals surface area contributed by atoms with E-state index in [1.165, 1.54) is 23.9 Å². The van der Waals surface area contributed by atoms with Crippen molar-refractivity contribution in [3.63, 3.8) is 0 Å². The van der Waals surface area contributed by atoms with Crippen LogP contribution in [-0.4, -0.2) is 69.5 Å². The summed E-state index contributed by atoms with van der Waals surface area (Å²) in [5.41, 5.74) is 4.44. The van der Waals surface area contributed by atoms with Gasteiger partial charge in [0.05, 0.1) is 38.5 Å². The molecule has 12 nitrogen and oxygen atoms in total. The first-order chi connectivity index (χ1) is 21.9. The fourth-order valence-electron chi connectivity index (χ4n) is 5.24. The summed E-state index contributed by atoms with van der Waals surface area (Å²) < 4.78 is 22.2. The molecule has 2 amide bonds. The lowest BCUT2D eigenvalue weighted by atomic mass is 10.0. The summed E-state index contributed by atoms with van der Waals surface area (Å²) in [5, 5.41) is 7.78. The molecule has 1 aliphatic carbocycles. The lowest BCUT2D eigenvalue weighted by Gasteiger charge is -2.38. The van der Waals surface area contributed by atoms with E-state index < -0.39 is 0 Å². The Balaban J connectivity index is 1.20. The molecule has 1 saturated carbocycles. The first kappa shape index (κ1) is 28.5. The van der Waals surface area contributed by atoms with Gasteiger partial charge >= 0.3 is 0 Å². The fourth-order valence-corrected chi connectivity index (χ4v) is 5.99. The number of hydrogen-bond acceptors (Lipinski definition) is 11. The Labute approximate surface area is 262 Å². The second kappa shape index (κ2) is 11.7. The standard InChI is InChI=1S/C32H29N7O5S/c1-4-27(40)39-14-19(15-39)44-26-12-21-22(13-25(26)43-3)34-16-35-30(21)36-23-11-18(7-8-24(23)42-2)20-9-10-33-29-28(20)38-45-32(29)37-31(41)17-5-6-17/h4,7-13,16-17,19H,1,5-6,14-15H2,2-3H3,(H,37,41)(H,34,35,36). The number of hydrogen-bond donors (Lipinski definition) is 2. The highest BCUT2D eigenvalue weighted by molar-refractivity contribution is 7.12. The van der Waals surface area contributed by atoms with Gasteiger partial charge in [0.1, 0.15) is 40.0 Å². The van der Waals surface area contributed by atoms with Gasteiger partial charge in [0.2, 0.25) is 11.8 Å². The molecule has 7 rings (SSSR count). The Morgan fingerprint density at radius 3 is 2.58 bits per heavy atom. The number of nitrogens with one attached hydrogen (secondary N) is 2. The van der Waals surface area contributed by atoms with E-state index in [-0.39, 0.29) is 23.8 Å². The molecule has 1 aliphatic heterocycles. The summed E-state index contributed by atoms with van der Waals surface area (Å²) in [6.45, 7) is 4.46. The lowest BCUT2D eigenvalue weighted by molar-refractivity contribution is -0.134. The molecule has 2 fully saturated rings. The van der Waals surface area contributed by atoms with Crippen molar-refractivity contribution in [2.75, 3.05) is 37.9 Å². The third-order valence-electron chi connectivity index (χ3n) is 7.86. The maximum absolute atomic E-state index is 12.4. The third kappa shape index (κ3) is 5.46. The first-order valence-electron chi connectivity index (χ1n) is 14.4. The van der Waals surface area contributed by atoms with Crippen molar-refractivity contribution in [3.8, 4) is 28.4 Å². The molecular formula is C32H29N7O5S. The number of ether oxygens (including phenoxy) is 3. The van der Waals surface area contributed by atoms with Crippen LogP contribution in [0.3, 0.4) is 0 Å². The summed E-state index contributed by atoms with van der Waals surface area (Å²) in [7, 11) is 3.18. The first-order valence-corrected chi connectivity index (χ1v) is 15.1. The SMILES string of the molecule is C=CC(=O)N1CC(Oc2cc3c(Nc4cc(-c5ccnc6c(NC(=O)C7CC7)snc56)ccc4OC)ncnc3cc2OC)C1. The van der Waals surface area contributed by atoms with Gasteiger partial charge in [-0.25, -0.2) is 9.97 Å². The zero-order valence-corrected chi connectivity index (χ0v) is 25.4. The van der Waals surface area contributed by atoms with Gasteiger partial charge < -0.3 is 29.7 Å². The van der Waals surface area contributed by atoms with Crippen molar-refractivity contribution >= 4 is 61.8 Å². The van der Waals surface area contributed by atoms with E-state index >= 15 is 0 Å². The summed E-state index contributed by atoms with van der Waals surface area (Å²) in [5.74, 6) is 2.17. The molecule has 2 N–H and O–H groups in total. The molecule has 4 heterocycles. The highest BCUT2D eigenvalue weighted by Crippen LogP contribution is 2.40. The lowest BCUT2D eigenvalue weighted by Crippen LogP contribution is -2.55. The number of aromatic nitrogens is 4. The molecule has 5 aromatic rings. The van der Waals surface area contributed by atoms with Gasteiger partial charge in [0, 0.05) is 29.1 Å². The smallest absolute Gasteiger partial charge is 0.246 e. The normalized spacial score (nSPS) is 14.6. The molecule has 2 aromatic carbocycles. The average Bonchev–Trinajstić information content (AvgIpc) is 3.83. The van der Waals surface area contributed by atoms with E-state index in [0.717, 1.165) is 24.0 Å². The largest absolute Gasteiger partial charge is 0.495 e. The van der Waals surface area contributed by atoms with Gasteiger partial charge in [-0.3, -0.25) is 14.6 Å². The fraction of sp³-hybridized carbons (Fsp3) is 0.250. The van der Waals surface area contributed by atoms with Crippen molar-refractivity contribution in [3.05, 3.63) is 61.6 Å². The summed E-state index contributed by atoms with van der Waals surface area (Å²) in [6.07, 6.45) is 6.16. The molecule has 1 saturated heterocycles. The van der Waals surface area contributed by atoms with Crippen LogP contribution in [0.15, 0.2) is 61.6 Å². The van der Waals surface area contributed by atoms with Crippen molar-refractivity contribution in [1.82, 2.24) is 24.2 Å². The number of amides is 2. The summed E-state index contributed by atoms with van der Waals surface area (Å²) >= 11 is 1.23. The maximum Gasteiger partial charge on any atom is 0.246 e. The minimum Gasteiger partial charge on any atom is -0.495 e. The van der Waals surface area contributed by atoms with Gasteiger partial charge in [-0.05, 0) is 60.3 Å². The van der Waals surface area contributed by atoms with Gasteiger partial charge in [0.15, 0.2) is 11.5 Å². The number of methoxy groups -OCH3 is 2. The minimum absolute atomic E-state index is 0.0180. The Bertz CT molecular complexity index is 1970. The van der Waals surface area contributed by atoms with Crippen LogP contribution < -0.4 is 24.8 Å². The Hall–Kier alpha value is -5.30. The highest BCUT2D eigenvalue weighted by atomic mass is 32.1. The van der Waals surface area contributed by atoms with Crippen molar-refractivity contribution < 1.29 is 23.8 Å². The monoisotopic (exact) mass is 623 g/mol. The van der Waals surface area contributed by atoms with Crippen LogP contribution >= 0.6 is 11.5 Å². The Kier molecular flexibility index (Phi) is 7.37. The van der Waals surface area contributed by atoms with Crippen LogP contribution in [0.25, 0.3) is 33.1 Å². The highest BCUT2D eigenvalue weighted by Gasteiger charge is 2.32. The van der Waals surface area contributed by atoms with E-state index in [1.807, 2.05) is 30.3 Å². The number of fused-ring (bicyclic) bond motifs is 2. The van der Waals surface area contributed by atoms with Crippen LogP contribution in [0.5, 0.6) is 17.2 Å². The van der Waals surface area contributed by atoms with Crippen LogP contribution in [-0.2, 0) is 9.59 Å². The molecule has 0 unspecified atom stereocenters. The van der Waals surface area contributed by atoms with Gasteiger partial charge in [-0.1, -0.05) is 12.6 Å². The van der Waals surface area contributed by atoms with Crippen LogP contribution in [0, 0.1) is 5.92 Å². The predicted octanol–water partition coefficient (Wildman–Crippen LogP) is 5.19. The second-order valence-corrected chi connectivity index (χ2v) is 11.6. The van der Waals surface area contributed by atoms with Crippen molar-refractivity contribution in [2.24, 2.45) is 5.92 Å². The van der Waals surface area contributed by atoms with Gasteiger partial charge in [-0.15, -0.1) is 0 Å². The Morgan fingerprint density at radius 1 is 1.00 bits per heavy atom. The molecule has 0 atom stereocenters. The zero-order chi connectivity index (χ0) is 31.1. The molecule has 13 heteroatoms. The number of pyridine rings is 1. The zero-order valence-electron chi connectivity index (χ0n) is 24.6. The Morgan fingerprint density at radius 2 is 1.82 bits per heavy atom. The van der Waals surface area contributed by atoms with Gasteiger partial charge in [-0.2, -0.15) is 4.37 Å². The average molecular weight is 624 g/mol. The van der Waals surface area contributed by atoms with Crippen molar-refractivity contribution in [2.45, 2.75) is 18.9 Å². The number of likely N-dealkylation sites (tertiary alicyclic amines) is 1. The van der Waals surface area contributed by atoms with E-state index in [4.69, 9.17) is 14.2 Å². The predicted molar refractivity (Wildman–Crippen MR) is 171 cm³/mol. The molecule has 2 aliphatic rings. The van der Waals surface area contributed by atoms with E-state index in [0.29, 0.717) is 68.8 Å². The van der Waals surface area contributed by atoms with Crippen LogP contribution in [0.1, 0.15) is 12.8 Å². The number of rotatable bonds is 10. The summed E-state index contributed by atoms with van der Waals surface area (Å²) in [6, 6.07) is 11.3. The molecule has 0 radical (unpaired) electrons. The number of carbonyl (C=O) groups excluding carboxylic acids is 2. The van der Waals surface area contributed by atoms with Crippen molar-refractivity contribution in [1.29, 1.82) is 0 Å². The van der Waals surface area contributed by atoms with E-state index in [2.05, 4.69) is 36.5 Å². The number of anilines is 3. The van der Waals surface area contributed by atoms with Crippen LogP contribution in [0.2, 0.25) is 0 Å². The van der Waals surface area contributed by atoms with Crippen LogP contribution in [0.4, 0.5) is 16.5 Å². The number of nitrogens with zero attached hydrogens (tertiary/aromatic N) is 5. The molecule has 3 aromatic heterocycles. The van der Waals surface area contributed by atoms with Gasteiger partial charge in [0.25, 0.3) is 0 Å². The molecule has 0 bridgehead atoms. The quantitative estimate of drug-likeness (QED) is 0.200.